The molecule has 2 unspecified atom stereocenters. The van der Waals surface area contributed by atoms with Gasteiger partial charge in [0.05, 0.1) is 13.2 Å². The third-order valence-corrected chi connectivity index (χ3v) is 4.36. The molecule has 2 aromatic heterocycles. The Morgan fingerprint density at radius 2 is 2.50 bits per heavy atom. The van der Waals surface area contributed by atoms with E-state index in [0.29, 0.717) is 0 Å². The van der Waals surface area contributed by atoms with Crippen molar-refractivity contribution < 1.29 is 14.6 Å². The molecule has 3 rings (SSSR count). The summed E-state index contributed by atoms with van der Waals surface area (Å²) in [6.45, 7) is 0.330. The van der Waals surface area contributed by atoms with Crippen molar-refractivity contribution in [3.63, 3.8) is 0 Å². The number of rotatable bonds is 4. The standard InChI is InChI=1S/C12H14N4O3S/c1-15-10(9-13-4-6-20-9)19-8-12(15,11(17)18)7-16-5-2-3-14-16/h2-6,10H,7-8H2,1H3,(H,17,18). The van der Waals surface area contributed by atoms with Gasteiger partial charge >= 0.3 is 5.97 Å². The number of carbonyl (C=O) groups is 1. The minimum Gasteiger partial charge on any atom is -0.480 e. The third kappa shape index (κ3) is 2.01. The number of carboxylic acids is 1. The number of ether oxygens (including phenoxy) is 1. The van der Waals surface area contributed by atoms with Crippen LogP contribution in [0.4, 0.5) is 0 Å². The SMILES string of the molecule is CN1C(c2nccs2)OCC1(Cn1cccn1)C(=O)O. The summed E-state index contributed by atoms with van der Waals surface area (Å²) in [5.41, 5.74) is -1.14. The van der Waals surface area contributed by atoms with Crippen LogP contribution in [-0.2, 0) is 16.1 Å². The number of likely N-dealkylation sites (N-methyl/N-ethyl adjacent to an activating group) is 1. The Kier molecular flexibility index (Phi) is 3.28. The van der Waals surface area contributed by atoms with E-state index in [9.17, 15) is 9.90 Å². The maximum absolute atomic E-state index is 11.8. The Morgan fingerprint density at radius 3 is 3.10 bits per heavy atom. The minimum atomic E-state index is -1.14. The number of nitrogens with zero attached hydrogens (tertiary/aromatic N) is 4. The van der Waals surface area contributed by atoms with Gasteiger partial charge in [-0.2, -0.15) is 5.10 Å². The van der Waals surface area contributed by atoms with E-state index in [1.165, 1.54) is 11.3 Å². The van der Waals surface area contributed by atoms with Crippen LogP contribution in [0.3, 0.4) is 0 Å². The van der Waals surface area contributed by atoms with E-state index in [-0.39, 0.29) is 13.2 Å². The van der Waals surface area contributed by atoms with Gasteiger partial charge < -0.3 is 9.84 Å². The maximum atomic E-state index is 11.8. The van der Waals surface area contributed by atoms with Crippen molar-refractivity contribution >= 4 is 17.3 Å². The lowest BCUT2D eigenvalue weighted by atomic mass is 10.00. The zero-order chi connectivity index (χ0) is 14.2. The van der Waals surface area contributed by atoms with Crippen LogP contribution in [0.2, 0.25) is 0 Å². The van der Waals surface area contributed by atoms with Gasteiger partial charge in [0.15, 0.2) is 11.8 Å². The van der Waals surface area contributed by atoms with Gasteiger partial charge in [0.2, 0.25) is 0 Å². The van der Waals surface area contributed by atoms with Crippen LogP contribution in [0.15, 0.2) is 30.0 Å². The van der Waals surface area contributed by atoms with Crippen molar-refractivity contribution in [2.45, 2.75) is 18.3 Å². The average molecular weight is 294 g/mol. The summed E-state index contributed by atoms with van der Waals surface area (Å²) in [5, 5.41) is 16.4. The zero-order valence-corrected chi connectivity index (χ0v) is 11.7. The number of thiazole rings is 1. The molecule has 1 aliphatic heterocycles. The van der Waals surface area contributed by atoms with E-state index in [1.54, 1.807) is 41.3 Å². The smallest absolute Gasteiger partial charge is 0.328 e. The number of carboxylic acid groups (broad SMARTS) is 1. The Hall–Kier alpha value is -1.77. The molecule has 106 valence electrons. The fourth-order valence-corrected chi connectivity index (χ4v) is 3.07. The molecule has 0 spiro atoms. The Morgan fingerprint density at radius 1 is 1.65 bits per heavy atom. The quantitative estimate of drug-likeness (QED) is 0.899. The minimum absolute atomic E-state index is 0.100. The second-order valence-corrected chi connectivity index (χ2v) is 5.61. The molecule has 1 aliphatic rings. The Balaban J connectivity index is 1.90. The summed E-state index contributed by atoms with van der Waals surface area (Å²) in [7, 11) is 1.75. The maximum Gasteiger partial charge on any atom is 0.328 e. The van der Waals surface area contributed by atoms with Crippen LogP contribution in [0.25, 0.3) is 0 Å². The molecule has 7 nitrogen and oxygen atoms in total. The molecule has 2 aromatic rings. The van der Waals surface area contributed by atoms with Crippen molar-refractivity contribution in [3.05, 3.63) is 35.0 Å². The van der Waals surface area contributed by atoms with Crippen LogP contribution in [0.1, 0.15) is 11.2 Å². The van der Waals surface area contributed by atoms with Gasteiger partial charge in [-0.1, -0.05) is 0 Å². The first-order valence-corrected chi connectivity index (χ1v) is 6.96. The number of hydrogen-bond donors (Lipinski definition) is 1. The lowest BCUT2D eigenvalue weighted by molar-refractivity contribution is -0.150. The molecular weight excluding hydrogens is 280 g/mol. The molecule has 0 amide bonds. The van der Waals surface area contributed by atoms with Crippen LogP contribution in [0.5, 0.6) is 0 Å². The topological polar surface area (TPSA) is 80.5 Å². The fraction of sp³-hybridized carbons (Fsp3) is 0.417. The van der Waals surface area contributed by atoms with Crippen molar-refractivity contribution in [1.29, 1.82) is 0 Å². The molecular formula is C12H14N4O3S. The van der Waals surface area contributed by atoms with Crippen LogP contribution in [0, 0.1) is 0 Å². The lowest BCUT2D eigenvalue weighted by Crippen LogP contribution is -2.54. The molecule has 20 heavy (non-hydrogen) atoms. The van der Waals surface area contributed by atoms with Crippen molar-refractivity contribution in [2.75, 3.05) is 13.7 Å². The van der Waals surface area contributed by atoms with E-state index < -0.39 is 17.7 Å². The summed E-state index contributed by atoms with van der Waals surface area (Å²) < 4.78 is 7.30. The van der Waals surface area contributed by atoms with Gasteiger partial charge in [0, 0.05) is 24.0 Å². The van der Waals surface area contributed by atoms with E-state index in [4.69, 9.17) is 4.74 Å². The Bertz CT molecular complexity index is 586. The summed E-state index contributed by atoms with van der Waals surface area (Å²) in [6.07, 6.45) is 4.63. The summed E-state index contributed by atoms with van der Waals surface area (Å²) in [6, 6.07) is 1.77. The molecule has 8 heteroatoms. The highest BCUT2D eigenvalue weighted by molar-refractivity contribution is 7.09. The molecule has 0 saturated carbocycles. The second kappa shape index (κ2) is 4.97. The molecule has 0 aromatic carbocycles. The van der Waals surface area contributed by atoms with E-state index in [0.717, 1.165) is 5.01 Å². The summed E-state index contributed by atoms with van der Waals surface area (Å²) in [4.78, 5) is 17.7. The highest BCUT2D eigenvalue weighted by Crippen LogP contribution is 2.37. The van der Waals surface area contributed by atoms with Gasteiger partial charge in [-0.05, 0) is 13.1 Å². The number of aliphatic carboxylic acids is 1. The van der Waals surface area contributed by atoms with Crippen LogP contribution < -0.4 is 0 Å². The second-order valence-electron chi connectivity index (χ2n) is 4.68. The van der Waals surface area contributed by atoms with Gasteiger partial charge in [-0.3, -0.25) is 14.4 Å². The van der Waals surface area contributed by atoms with Gasteiger partial charge in [0.25, 0.3) is 0 Å². The van der Waals surface area contributed by atoms with E-state index >= 15 is 0 Å². The van der Waals surface area contributed by atoms with Crippen molar-refractivity contribution in [1.82, 2.24) is 19.7 Å². The van der Waals surface area contributed by atoms with E-state index in [2.05, 4.69) is 10.1 Å². The first-order valence-electron chi connectivity index (χ1n) is 6.08. The fourth-order valence-electron chi connectivity index (χ4n) is 2.35. The predicted molar refractivity (Wildman–Crippen MR) is 71.2 cm³/mol. The predicted octanol–water partition coefficient (Wildman–Crippen LogP) is 0.824. The number of hydrogen-bond acceptors (Lipinski definition) is 6. The monoisotopic (exact) mass is 294 g/mol. The van der Waals surface area contributed by atoms with Crippen molar-refractivity contribution in [2.24, 2.45) is 0 Å². The molecule has 1 fully saturated rings. The summed E-state index contributed by atoms with van der Waals surface area (Å²) >= 11 is 1.45. The van der Waals surface area contributed by atoms with Crippen LogP contribution >= 0.6 is 11.3 Å². The third-order valence-electron chi connectivity index (χ3n) is 3.55. The molecule has 0 radical (unpaired) electrons. The number of aromatic nitrogens is 3. The van der Waals surface area contributed by atoms with Gasteiger partial charge in [0.1, 0.15) is 5.01 Å². The molecule has 0 aliphatic carbocycles. The molecule has 2 atom stereocenters. The molecule has 1 N–H and O–H groups in total. The average Bonchev–Trinajstić information content (AvgIpc) is 3.13. The van der Waals surface area contributed by atoms with Gasteiger partial charge in [-0.15, -0.1) is 11.3 Å². The molecule has 0 bridgehead atoms. The first kappa shape index (κ1) is 13.2. The molecule has 3 heterocycles. The van der Waals surface area contributed by atoms with Gasteiger partial charge in [-0.25, -0.2) is 4.98 Å². The van der Waals surface area contributed by atoms with Crippen molar-refractivity contribution in [3.8, 4) is 0 Å². The molecule has 1 saturated heterocycles. The summed E-state index contributed by atoms with van der Waals surface area (Å²) in [5.74, 6) is -0.922. The normalized spacial score (nSPS) is 26.9. The van der Waals surface area contributed by atoms with Crippen LogP contribution in [-0.4, -0.2) is 49.9 Å². The highest BCUT2D eigenvalue weighted by atomic mass is 32.1. The largest absolute Gasteiger partial charge is 0.480 e. The first-order chi connectivity index (χ1) is 9.63. The Labute approximate surface area is 119 Å². The van der Waals surface area contributed by atoms with E-state index in [1.807, 2.05) is 5.38 Å². The highest BCUT2D eigenvalue weighted by Gasteiger charge is 2.53. The zero-order valence-electron chi connectivity index (χ0n) is 10.8. The lowest BCUT2D eigenvalue weighted by Gasteiger charge is -2.31.